The molecule has 10 aromatic rings. The summed E-state index contributed by atoms with van der Waals surface area (Å²) < 4.78 is 9.16. The van der Waals surface area contributed by atoms with Crippen LogP contribution in [-0.2, 0) is 0 Å². The van der Waals surface area contributed by atoms with E-state index in [0.717, 1.165) is 66.5 Å². The molecule has 0 saturated heterocycles. The molecular weight excluding hydrogens is 613 g/mol. The Morgan fingerprint density at radius 1 is 0.380 bits per heavy atom. The monoisotopic (exact) mass is 640 g/mol. The van der Waals surface area contributed by atoms with Crippen LogP contribution in [0.15, 0.2) is 174 Å². The smallest absolute Gasteiger partial charge is 0.167 e. The molecule has 0 unspecified atom stereocenters. The number of hydrogen-bond acceptors (Lipinski definition) is 4. The topological polar surface area (TPSA) is 56.7 Å². The molecule has 234 valence electrons. The SMILES string of the molecule is c1ccc(-c2ccc3c(c2)oc2c(-c4nc(-c5ccccc5)nc(-c5ccccc5)n4)cc(-n4c5ccccc5c5ccccc54)cc23)cc1. The van der Waals surface area contributed by atoms with E-state index < -0.39 is 0 Å². The van der Waals surface area contributed by atoms with Crippen LogP contribution in [0, 0.1) is 0 Å². The van der Waals surface area contributed by atoms with Crippen molar-refractivity contribution in [2.75, 3.05) is 0 Å². The van der Waals surface area contributed by atoms with Crippen LogP contribution in [0.5, 0.6) is 0 Å². The summed E-state index contributed by atoms with van der Waals surface area (Å²) in [5.74, 6) is 1.76. The van der Waals surface area contributed by atoms with Crippen molar-refractivity contribution in [2.45, 2.75) is 0 Å². The Balaban J connectivity index is 1.30. The van der Waals surface area contributed by atoms with Crippen LogP contribution in [0.3, 0.4) is 0 Å². The first-order valence-electron chi connectivity index (χ1n) is 16.7. The van der Waals surface area contributed by atoms with Gasteiger partial charge in [-0.1, -0.05) is 133 Å². The Morgan fingerprint density at radius 3 is 1.50 bits per heavy atom. The molecular formula is C45H28N4O. The summed E-state index contributed by atoms with van der Waals surface area (Å²) in [5, 5.41) is 4.43. The van der Waals surface area contributed by atoms with Crippen molar-refractivity contribution in [3.63, 3.8) is 0 Å². The van der Waals surface area contributed by atoms with Crippen LogP contribution >= 0.6 is 0 Å². The van der Waals surface area contributed by atoms with Crippen LogP contribution in [0.4, 0.5) is 0 Å². The molecule has 0 aliphatic carbocycles. The lowest BCUT2D eigenvalue weighted by Crippen LogP contribution is -2.01. The van der Waals surface area contributed by atoms with Gasteiger partial charge in [-0.25, -0.2) is 15.0 Å². The fourth-order valence-electron chi connectivity index (χ4n) is 7.10. The first-order valence-corrected chi connectivity index (χ1v) is 16.7. The van der Waals surface area contributed by atoms with Crippen molar-refractivity contribution in [2.24, 2.45) is 0 Å². The van der Waals surface area contributed by atoms with Gasteiger partial charge in [0.15, 0.2) is 17.5 Å². The lowest BCUT2D eigenvalue weighted by molar-refractivity contribution is 0.669. The van der Waals surface area contributed by atoms with Crippen molar-refractivity contribution in [1.82, 2.24) is 19.5 Å². The average Bonchev–Trinajstić information content (AvgIpc) is 3.74. The largest absolute Gasteiger partial charge is 0.455 e. The maximum Gasteiger partial charge on any atom is 0.167 e. The number of fused-ring (bicyclic) bond motifs is 6. The second-order valence-corrected chi connectivity index (χ2v) is 12.5. The number of rotatable bonds is 5. The highest BCUT2D eigenvalue weighted by atomic mass is 16.3. The molecule has 0 saturated carbocycles. The summed E-state index contributed by atoms with van der Waals surface area (Å²) in [7, 11) is 0. The summed E-state index contributed by atoms with van der Waals surface area (Å²) in [6, 6.07) is 58.6. The minimum absolute atomic E-state index is 0.549. The van der Waals surface area contributed by atoms with Crippen LogP contribution in [0.1, 0.15) is 0 Å². The van der Waals surface area contributed by atoms with Gasteiger partial charge < -0.3 is 8.98 Å². The number of hydrogen-bond donors (Lipinski definition) is 0. The van der Waals surface area contributed by atoms with E-state index >= 15 is 0 Å². The lowest BCUT2D eigenvalue weighted by atomic mass is 10.0. The fraction of sp³-hybridized carbons (Fsp3) is 0. The van der Waals surface area contributed by atoms with Gasteiger partial charge in [-0.15, -0.1) is 0 Å². The van der Waals surface area contributed by atoms with Gasteiger partial charge in [0.05, 0.1) is 16.6 Å². The van der Waals surface area contributed by atoms with E-state index in [1.165, 1.54) is 10.8 Å². The zero-order valence-electron chi connectivity index (χ0n) is 26.9. The third kappa shape index (κ3) is 4.60. The van der Waals surface area contributed by atoms with E-state index in [0.29, 0.717) is 17.5 Å². The van der Waals surface area contributed by atoms with E-state index in [9.17, 15) is 0 Å². The Hall–Kier alpha value is -6.85. The summed E-state index contributed by atoms with van der Waals surface area (Å²) >= 11 is 0. The zero-order chi connectivity index (χ0) is 33.0. The van der Waals surface area contributed by atoms with Gasteiger partial charge in [0.2, 0.25) is 0 Å². The van der Waals surface area contributed by atoms with Crippen molar-refractivity contribution >= 4 is 43.7 Å². The lowest BCUT2D eigenvalue weighted by Gasteiger charge is -2.12. The van der Waals surface area contributed by atoms with Crippen molar-refractivity contribution in [1.29, 1.82) is 0 Å². The van der Waals surface area contributed by atoms with Gasteiger partial charge in [0, 0.05) is 38.4 Å². The normalized spacial score (nSPS) is 11.6. The Bertz CT molecular complexity index is 2750. The molecule has 3 heterocycles. The number of nitrogens with zero attached hydrogens (tertiary/aromatic N) is 4. The molecule has 10 rings (SSSR count). The van der Waals surface area contributed by atoms with Crippen LogP contribution in [0.2, 0.25) is 0 Å². The Labute approximate surface area is 287 Å². The van der Waals surface area contributed by atoms with Gasteiger partial charge in [-0.3, -0.25) is 0 Å². The molecule has 0 bridgehead atoms. The van der Waals surface area contributed by atoms with Gasteiger partial charge in [0.1, 0.15) is 11.2 Å². The molecule has 50 heavy (non-hydrogen) atoms. The molecule has 0 spiro atoms. The minimum Gasteiger partial charge on any atom is -0.455 e. The quantitative estimate of drug-likeness (QED) is 0.188. The molecule has 0 atom stereocenters. The van der Waals surface area contributed by atoms with E-state index in [2.05, 4.69) is 108 Å². The van der Waals surface area contributed by atoms with E-state index in [4.69, 9.17) is 19.4 Å². The third-order valence-electron chi connectivity index (χ3n) is 9.44. The molecule has 0 fully saturated rings. The predicted molar refractivity (Wildman–Crippen MR) is 203 cm³/mol. The molecule has 0 aliphatic rings. The Morgan fingerprint density at radius 2 is 0.900 bits per heavy atom. The van der Waals surface area contributed by atoms with Gasteiger partial charge in [-0.2, -0.15) is 0 Å². The van der Waals surface area contributed by atoms with E-state index in [1.54, 1.807) is 0 Å². The van der Waals surface area contributed by atoms with Gasteiger partial charge in [-0.05, 0) is 47.5 Å². The molecule has 0 radical (unpaired) electrons. The maximum atomic E-state index is 6.83. The van der Waals surface area contributed by atoms with Gasteiger partial charge in [0.25, 0.3) is 0 Å². The highest BCUT2D eigenvalue weighted by Gasteiger charge is 2.21. The fourth-order valence-corrected chi connectivity index (χ4v) is 7.10. The van der Waals surface area contributed by atoms with E-state index in [1.807, 2.05) is 66.7 Å². The zero-order valence-corrected chi connectivity index (χ0v) is 26.9. The third-order valence-corrected chi connectivity index (χ3v) is 9.44. The van der Waals surface area contributed by atoms with Crippen molar-refractivity contribution in [3.05, 3.63) is 170 Å². The minimum atomic E-state index is 0.549. The second kappa shape index (κ2) is 11.4. The van der Waals surface area contributed by atoms with Crippen molar-refractivity contribution in [3.8, 4) is 51.0 Å². The first kappa shape index (κ1) is 28.2. The standard InChI is InChI=1S/C45H28N4O/c1-4-14-29(15-5-1)32-24-25-36-37-27-33(49-39-22-12-10-20-34(39)35-21-11-13-23-40(35)49)28-38(42(37)50-41(36)26-32)45-47-43(30-16-6-2-7-17-30)46-44(48-45)31-18-8-3-9-19-31/h1-28H. The van der Waals surface area contributed by atoms with Crippen LogP contribution in [0.25, 0.3) is 94.7 Å². The summed E-state index contributed by atoms with van der Waals surface area (Å²) in [6.07, 6.45) is 0. The highest BCUT2D eigenvalue weighted by Crippen LogP contribution is 2.41. The van der Waals surface area contributed by atoms with Crippen molar-refractivity contribution < 1.29 is 4.42 Å². The molecule has 5 nitrogen and oxygen atoms in total. The second-order valence-electron chi connectivity index (χ2n) is 12.5. The number of para-hydroxylation sites is 2. The van der Waals surface area contributed by atoms with Gasteiger partial charge >= 0.3 is 0 Å². The average molecular weight is 641 g/mol. The predicted octanol–water partition coefficient (Wildman–Crippen LogP) is 11.5. The summed E-state index contributed by atoms with van der Waals surface area (Å²) in [6.45, 7) is 0. The van der Waals surface area contributed by atoms with Crippen LogP contribution < -0.4 is 0 Å². The Kier molecular flexibility index (Phi) is 6.42. The molecule has 0 aliphatic heterocycles. The summed E-state index contributed by atoms with van der Waals surface area (Å²) in [4.78, 5) is 15.2. The molecule has 0 N–H and O–H groups in total. The first-order chi connectivity index (χ1) is 24.8. The molecule has 0 amide bonds. The summed E-state index contributed by atoms with van der Waals surface area (Å²) in [5.41, 5.74) is 9.67. The molecule has 7 aromatic carbocycles. The molecule has 3 aromatic heterocycles. The highest BCUT2D eigenvalue weighted by molar-refractivity contribution is 6.13. The number of benzene rings is 7. The number of aromatic nitrogens is 4. The molecule has 5 heteroatoms. The van der Waals surface area contributed by atoms with Crippen LogP contribution in [-0.4, -0.2) is 19.5 Å². The van der Waals surface area contributed by atoms with E-state index in [-0.39, 0.29) is 0 Å². The number of furan rings is 1. The maximum absolute atomic E-state index is 6.83.